The van der Waals surface area contributed by atoms with Crippen LogP contribution < -0.4 is 11.2 Å². The van der Waals surface area contributed by atoms with Crippen LogP contribution in [-0.2, 0) is 6.54 Å². The first-order valence-corrected chi connectivity index (χ1v) is 7.27. The second-order valence-corrected chi connectivity index (χ2v) is 5.39. The molecule has 21 heavy (non-hydrogen) atoms. The monoisotopic (exact) mass is 350 g/mol. The predicted octanol–water partition coefficient (Wildman–Crippen LogP) is 2.64. The molecule has 0 fully saturated rings. The van der Waals surface area contributed by atoms with Gasteiger partial charge >= 0.3 is 5.69 Å². The Labute approximate surface area is 129 Å². The highest BCUT2D eigenvalue weighted by Crippen LogP contribution is 2.25. The SMILES string of the molecule is C/C=C/CCn1c(O)c(-c2ccc(Br)cc2)c(=O)[nH]c1=O. The zero-order chi connectivity index (χ0) is 15.4. The molecular formula is C15H15BrN2O3. The molecule has 2 aromatic rings. The molecule has 1 aromatic carbocycles. The third-order valence-corrected chi connectivity index (χ3v) is 3.59. The summed E-state index contributed by atoms with van der Waals surface area (Å²) in [7, 11) is 0. The van der Waals surface area contributed by atoms with Gasteiger partial charge in [0, 0.05) is 11.0 Å². The molecule has 1 heterocycles. The maximum Gasteiger partial charge on any atom is 0.331 e. The summed E-state index contributed by atoms with van der Waals surface area (Å²) in [5.41, 5.74) is -0.552. The first-order chi connectivity index (χ1) is 10.0. The highest BCUT2D eigenvalue weighted by Gasteiger charge is 2.15. The van der Waals surface area contributed by atoms with Gasteiger partial charge in [0.15, 0.2) is 0 Å². The van der Waals surface area contributed by atoms with Crippen LogP contribution in [0.3, 0.4) is 0 Å². The zero-order valence-electron chi connectivity index (χ0n) is 11.5. The quantitative estimate of drug-likeness (QED) is 0.832. The van der Waals surface area contributed by atoms with Gasteiger partial charge in [0.25, 0.3) is 5.56 Å². The summed E-state index contributed by atoms with van der Waals surface area (Å²) >= 11 is 3.31. The van der Waals surface area contributed by atoms with Gasteiger partial charge in [-0.15, -0.1) is 0 Å². The van der Waals surface area contributed by atoms with Crippen LogP contribution >= 0.6 is 15.9 Å². The molecule has 0 saturated heterocycles. The van der Waals surface area contributed by atoms with Gasteiger partial charge in [0.1, 0.15) is 5.56 Å². The van der Waals surface area contributed by atoms with Crippen molar-refractivity contribution in [3.05, 3.63) is 61.7 Å². The Bertz CT molecular complexity index is 773. The molecule has 0 radical (unpaired) electrons. The first kappa shape index (κ1) is 15.3. The number of allylic oxidation sites excluding steroid dienone is 2. The van der Waals surface area contributed by atoms with Crippen LogP contribution in [0.5, 0.6) is 5.88 Å². The topological polar surface area (TPSA) is 75.1 Å². The van der Waals surface area contributed by atoms with E-state index in [1.54, 1.807) is 24.3 Å². The Morgan fingerprint density at radius 2 is 1.95 bits per heavy atom. The zero-order valence-corrected chi connectivity index (χ0v) is 13.1. The smallest absolute Gasteiger partial charge is 0.331 e. The Hall–Kier alpha value is -2.08. The van der Waals surface area contributed by atoms with Crippen molar-refractivity contribution in [3.8, 4) is 17.0 Å². The number of aromatic nitrogens is 2. The number of H-pyrrole nitrogens is 1. The minimum atomic E-state index is -0.608. The van der Waals surface area contributed by atoms with Crippen molar-refractivity contribution in [1.29, 1.82) is 0 Å². The molecule has 0 bridgehead atoms. The van der Waals surface area contributed by atoms with E-state index in [4.69, 9.17) is 0 Å². The second kappa shape index (κ2) is 6.58. The minimum absolute atomic E-state index is 0.0996. The van der Waals surface area contributed by atoms with Crippen LogP contribution in [0.2, 0.25) is 0 Å². The Morgan fingerprint density at radius 1 is 1.29 bits per heavy atom. The van der Waals surface area contributed by atoms with Crippen molar-refractivity contribution in [1.82, 2.24) is 9.55 Å². The lowest BCUT2D eigenvalue weighted by molar-refractivity contribution is 0.404. The minimum Gasteiger partial charge on any atom is -0.494 e. The van der Waals surface area contributed by atoms with Crippen molar-refractivity contribution in [2.75, 3.05) is 0 Å². The van der Waals surface area contributed by atoms with Crippen molar-refractivity contribution < 1.29 is 5.11 Å². The number of aromatic amines is 1. The largest absolute Gasteiger partial charge is 0.494 e. The summed E-state index contributed by atoms with van der Waals surface area (Å²) in [5.74, 6) is -0.310. The Balaban J connectivity index is 2.56. The number of rotatable bonds is 4. The lowest BCUT2D eigenvalue weighted by Gasteiger charge is -2.10. The molecule has 5 nitrogen and oxygen atoms in total. The van der Waals surface area contributed by atoms with Crippen LogP contribution in [0.25, 0.3) is 11.1 Å². The van der Waals surface area contributed by atoms with Gasteiger partial charge in [-0.2, -0.15) is 0 Å². The van der Waals surface area contributed by atoms with E-state index in [0.29, 0.717) is 18.5 Å². The Kier molecular flexibility index (Phi) is 4.80. The van der Waals surface area contributed by atoms with E-state index in [-0.39, 0.29) is 11.4 Å². The second-order valence-electron chi connectivity index (χ2n) is 4.47. The van der Waals surface area contributed by atoms with Crippen molar-refractivity contribution in [2.24, 2.45) is 0 Å². The van der Waals surface area contributed by atoms with Crippen LogP contribution in [-0.4, -0.2) is 14.7 Å². The van der Waals surface area contributed by atoms with E-state index >= 15 is 0 Å². The standard InChI is InChI=1S/C15H15BrN2O3/c1-2-3-4-9-18-14(20)12(13(19)17-15(18)21)10-5-7-11(16)8-6-10/h2-3,5-8,20H,4,9H2,1H3,(H,17,19,21)/b3-2+. The number of hydrogen-bond acceptors (Lipinski definition) is 3. The maximum absolute atomic E-state index is 12.0. The molecule has 1 aromatic heterocycles. The number of hydrogen-bond donors (Lipinski definition) is 2. The van der Waals surface area contributed by atoms with E-state index < -0.39 is 11.2 Å². The first-order valence-electron chi connectivity index (χ1n) is 6.47. The van der Waals surface area contributed by atoms with E-state index in [1.807, 2.05) is 19.1 Å². The van der Waals surface area contributed by atoms with Crippen LogP contribution in [0.4, 0.5) is 0 Å². The molecule has 0 unspecified atom stereocenters. The normalized spacial score (nSPS) is 11.1. The van der Waals surface area contributed by atoms with Gasteiger partial charge in [-0.3, -0.25) is 14.3 Å². The number of nitrogens with zero attached hydrogens (tertiary/aromatic N) is 1. The molecule has 0 aliphatic carbocycles. The maximum atomic E-state index is 12.0. The molecule has 2 rings (SSSR count). The molecule has 0 saturated carbocycles. The average molecular weight is 351 g/mol. The van der Waals surface area contributed by atoms with E-state index in [1.165, 1.54) is 4.57 Å². The highest BCUT2D eigenvalue weighted by atomic mass is 79.9. The lowest BCUT2D eigenvalue weighted by atomic mass is 10.1. The van der Waals surface area contributed by atoms with Crippen molar-refractivity contribution >= 4 is 15.9 Å². The highest BCUT2D eigenvalue weighted by molar-refractivity contribution is 9.10. The summed E-state index contributed by atoms with van der Waals surface area (Å²) in [4.78, 5) is 26.0. The third-order valence-electron chi connectivity index (χ3n) is 3.06. The molecule has 0 atom stereocenters. The van der Waals surface area contributed by atoms with Gasteiger partial charge in [-0.05, 0) is 31.0 Å². The summed E-state index contributed by atoms with van der Waals surface area (Å²) in [6.45, 7) is 2.18. The summed E-state index contributed by atoms with van der Waals surface area (Å²) in [6.07, 6.45) is 4.34. The van der Waals surface area contributed by atoms with Crippen molar-refractivity contribution in [3.63, 3.8) is 0 Å². The van der Waals surface area contributed by atoms with Gasteiger partial charge in [0.05, 0.1) is 0 Å². The van der Waals surface area contributed by atoms with Gasteiger partial charge in [-0.1, -0.05) is 40.2 Å². The molecule has 0 amide bonds. The average Bonchev–Trinajstić information content (AvgIpc) is 2.44. The van der Waals surface area contributed by atoms with E-state index in [2.05, 4.69) is 20.9 Å². The molecule has 0 spiro atoms. The van der Waals surface area contributed by atoms with Gasteiger partial charge in [0.2, 0.25) is 5.88 Å². The number of nitrogens with one attached hydrogen (secondary N) is 1. The fraction of sp³-hybridized carbons (Fsp3) is 0.200. The van der Waals surface area contributed by atoms with Gasteiger partial charge in [-0.25, -0.2) is 4.79 Å². The summed E-state index contributed by atoms with van der Waals surface area (Å²) in [5, 5.41) is 10.3. The number of halogens is 1. The third kappa shape index (κ3) is 3.33. The predicted molar refractivity (Wildman–Crippen MR) is 85.6 cm³/mol. The van der Waals surface area contributed by atoms with Crippen LogP contribution in [0, 0.1) is 0 Å². The molecule has 110 valence electrons. The fourth-order valence-corrected chi connectivity index (χ4v) is 2.28. The summed E-state index contributed by atoms with van der Waals surface area (Å²) in [6, 6.07) is 6.94. The number of benzene rings is 1. The Morgan fingerprint density at radius 3 is 2.57 bits per heavy atom. The lowest BCUT2D eigenvalue weighted by Crippen LogP contribution is -2.31. The molecule has 6 heteroatoms. The molecule has 0 aliphatic heterocycles. The van der Waals surface area contributed by atoms with Crippen LogP contribution in [0.15, 0.2) is 50.5 Å². The fourth-order valence-electron chi connectivity index (χ4n) is 2.01. The van der Waals surface area contributed by atoms with Gasteiger partial charge < -0.3 is 5.11 Å². The van der Waals surface area contributed by atoms with Crippen LogP contribution in [0.1, 0.15) is 13.3 Å². The van der Waals surface area contributed by atoms with E-state index in [0.717, 1.165) is 4.47 Å². The molecular weight excluding hydrogens is 336 g/mol. The van der Waals surface area contributed by atoms with Crippen molar-refractivity contribution in [2.45, 2.75) is 19.9 Å². The number of aromatic hydroxyl groups is 1. The summed E-state index contributed by atoms with van der Waals surface area (Å²) < 4.78 is 2.03. The molecule has 0 aliphatic rings. The van der Waals surface area contributed by atoms with E-state index in [9.17, 15) is 14.7 Å². The molecule has 2 N–H and O–H groups in total.